The van der Waals surface area contributed by atoms with E-state index in [1.807, 2.05) is 54.6 Å². The number of hydrogen-bond acceptors (Lipinski definition) is 4. The fourth-order valence-corrected chi connectivity index (χ4v) is 4.32. The molecule has 0 bridgehead atoms. The van der Waals surface area contributed by atoms with Crippen molar-refractivity contribution in [1.29, 1.82) is 0 Å². The monoisotopic (exact) mass is 416 g/mol. The largest absolute Gasteiger partial charge is 0.481 e. The highest BCUT2D eigenvalue weighted by Gasteiger charge is 2.25. The molecule has 1 unspecified atom stereocenters. The van der Waals surface area contributed by atoms with Crippen LogP contribution in [-0.4, -0.2) is 50.6 Å². The zero-order chi connectivity index (χ0) is 20.9. The number of sulfonamides is 1. The van der Waals surface area contributed by atoms with E-state index in [-0.39, 0.29) is 11.8 Å². The van der Waals surface area contributed by atoms with Crippen LogP contribution in [0.25, 0.3) is 11.1 Å². The second-order valence-electron chi connectivity index (χ2n) is 7.50. The molecule has 1 aliphatic heterocycles. The summed E-state index contributed by atoms with van der Waals surface area (Å²) in [5.41, 5.74) is 2.22. The van der Waals surface area contributed by atoms with E-state index >= 15 is 0 Å². The molecular weight excluding hydrogens is 388 g/mol. The van der Waals surface area contributed by atoms with E-state index < -0.39 is 16.1 Å². The number of benzene rings is 2. The van der Waals surface area contributed by atoms with Gasteiger partial charge in [-0.1, -0.05) is 42.5 Å². The maximum absolute atomic E-state index is 12.4. The Labute approximate surface area is 172 Å². The molecule has 0 aromatic heterocycles. The Kier molecular flexibility index (Phi) is 6.92. The van der Waals surface area contributed by atoms with Crippen LogP contribution in [-0.2, 0) is 14.8 Å². The summed E-state index contributed by atoms with van der Waals surface area (Å²) >= 11 is 0. The minimum absolute atomic E-state index is 0.164. The second kappa shape index (κ2) is 9.41. The molecule has 0 saturated carbocycles. The van der Waals surface area contributed by atoms with E-state index in [0.29, 0.717) is 25.4 Å². The third kappa shape index (κ3) is 6.05. The Morgan fingerprint density at radius 2 is 1.66 bits per heavy atom. The molecule has 29 heavy (non-hydrogen) atoms. The highest BCUT2D eigenvalue weighted by atomic mass is 32.2. The minimum atomic E-state index is -3.12. The number of nitrogens with zero attached hydrogens (tertiary/aromatic N) is 1. The average molecular weight is 417 g/mol. The molecule has 0 spiro atoms. The molecule has 0 aliphatic carbocycles. The summed E-state index contributed by atoms with van der Waals surface area (Å²) in [7, 11) is -3.12. The SMILES string of the molecule is CC(Oc1ccc(-c2ccccc2)cc1)C(=O)NCC1CCN(S(C)(=O)=O)CC1. The summed E-state index contributed by atoms with van der Waals surface area (Å²) in [6.45, 7) is 3.29. The third-order valence-electron chi connectivity index (χ3n) is 5.25. The fourth-order valence-electron chi connectivity index (χ4n) is 3.45. The Bertz CT molecular complexity index is 906. The molecule has 1 amide bonds. The van der Waals surface area contributed by atoms with Gasteiger partial charge in [0, 0.05) is 19.6 Å². The van der Waals surface area contributed by atoms with Gasteiger partial charge < -0.3 is 10.1 Å². The zero-order valence-corrected chi connectivity index (χ0v) is 17.7. The molecule has 7 heteroatoms. The van der Waals surface area contributed by atoms with Gasteiger partial charge in [0.2, 0.25) is 10.0 Å². The van der Waals surface area contributed by atoms with E-state index in [2.05, 4.69) is 5.32 Å². The lowest BCUT2D eigenvalue weighted by Gasteiger charge is -2.30. The molecule has 1 heterocycles. The summed E-state index contributed by atoms with van der Waals surface area (Å²) in [6.07, 6.45) is 2.14. The number of carbonyl (C=O) groups excluding carboxylic acids is 1. The van der Waals surface area contributed by atoms with Crippen LogP contribution < -0.4 is 10.1 Å². The lowest BCUT2D eigenvalue weighted by atomic mass is 9.98. The highest BCUT2D eigenvalue weighted by molar-refractivity contribution is 7.88. The molecule has 1 atom stereocenters. The van der Waals surface area contributed by atoms with Gasteiger partial charge in [-0.3, -0.25) is 4.79 Å². The first kappa shape index (κ1) is 21.3. The molecule has 1 N–H and O–H groups in total. The van der Waals surface area contributed by atoms with E-state index in [0.717, 1.165) is 24.0 Å². The molecule has 1 saturated heterocycles. The number of carbonyl (C=O) groups is 1. The second-order valence-corrected chi connectivity index (χ2v) is 9.48. The molecule has 2 aromatic carbocycles. The average Bonchev–Trinajstić information content (AvgIpc) is 2.73. The lowest BCUT2D eigenvalue weighted by molar-refractivity contribution is -0.127. The molecule has 3 rings (SSSR count). The van der Waals surface area contributed by atoms with Crippen LogP contribution in [0.2, 0.25) is 0 Å². The maximum Gasteiger partial charge on any atom is 0.260 e. The summed E-state index contributed by atoms with van der Waals surface area (Å²) < 4.78 is 30.4. The standard InChI is InChI=1S/C22H28N2O4S/c1-17(22(25)23-16-18-12-14-24(15-13-18)29(2,26)27)28-21-10-8-20(9-11-21)19-6-4-3-5-7-19/h3-11,17-18H,12-16H2,1-2H3,(H,23,25). The highest BCUT2D eigenvalue weighted by Crippen LogP contribution is 2.23. The smallest absolute Gasteiger partial charge is 0.260 e. The van der Waals surface area contributed by atoms with Crippen LogP contribution in [0.4, 0.5) is 0 Å². The van der Waals surface area contributed by atoms with Gasteiger partial charge in [0.1, 0.15) is 5.75 Å². The first-order chi connectivity index (χ1) is 13.8. The van der Waals surface area contributed by atoms with E-state index in [4.69, 9.17) is 4.74 Å². The quantitative estimate of drug-likeness (QED) is 0.753. The Morgan fingerprint density at radius 3 is 2.24 bits per heavy atom. The number of hydrogen-bond donors (Lipinski definition) is 1. The van der Waals surface area contributed by atoms with Crippen molar-refractivity contribution < 1.29 is 17.9 Å². The lowest BCUT2D eigenvalue weighted by Crippen LogP contribution is -2.43. The van der Waals surface area contributed by atoms with E-state index in [9.17, 15) is 13.2 Å². The summed E-state index contributed by atoms with van der Waals surface area (Å²) in [5.74, 6) is 0.769. The number of ether oxygens (including phenoxy) is 1. The van der Waals surface area contributed by atoms with Crippen molar-refractivity contribution in [2.75, 3.05) is 25.9 Å². The number of rotatable bonds is 7. The zero-order valence-electron chi connectivity index (χ0n) is 16.9. The number of piperidine rings is 1. The summed E-state index contributed by atoms with van der Waals surface area (Å²) in [6, 6.07) is 17.8. The predicted molar refractivity (Wildman–Crippen MR) is 114 cm³/mol. The first-order valence-electron chi connectivity index (χ1n) is 9.88. The van der Waals surface area contributed by atoms with Gasteiger partial charge >= 0.3 is 0 Å². The van der Waals surface area contributed by atoms with Gasteiger partial charge in [0.15, 0.2) is 6.10 Å². The number of nitrogens with one attached hydrogen (secondary N) is 1. The molecule has 1 aliphatic rings. The van der Waals surface area contributed by atoms with Crippen LogP contribution in [0.15, 0.2) is 54.6 Å². The van der Waals surface area contributed by atoms with E-state index in [1.165, 1.54) is 10.6 Å². The third-order valence-corrected chi connectivity index (χ3v) is 6.55. The molecule has 0 radical (unpaired) electrons. The van der Waals surface area contributed by atoms with Crippen molar-refractivity contribution in [3.05, 3.63) is 54.6 Å². The van der Waals surface area contributed by atoms with Gasteiger partial charge in [-0.2, -0.15) is 0 Å². The van der Waals surface area contributed by atoms with Crippen LogP contribution in [0.1, 0.15) is 19.8 Å². The van der Waals surface area contributed by atoms with Crippen LogP contribution in [0.3, 0.4) is 0 Å². The van der Waals surface area contributed by atoms with Crippen molar-refractivity contribution in [1.82, 2.24) is 9.62 Å². The summed E-state index contributed by atoms with van der Waals surface area (Å²) in [5, 5.41) is 2.93. The van der Waals surface area contributed by atoms with Gasteiger partial charge in [-0.05, 0) is 48.9 Å². The normalized spacial score (nSPS) is 16.9. The van der Waals surface area contributed by atoms with Crippen LogP contribution >= 0.6 is 0 Å². The van der Waals surface area contributed by atoms with Crippen molar-refractivity contribution in [3.8, 4) is 16.9 Å². The predicted octanol–water partition coefficient (Wildman–Crippen LogP) is 2.91. The van der Waals surface area contributed by atoms with Crippen molar-refractivity contribution in [3.63, 3.8) is 0 Å². The fraction of sp³-hybridized carbons (Fsp3) is 0.409. The van der Waals surface area contributed by atoms with Gasteiger partial charge in [-0.25, -0.2) is 12.7 Å². The van der Waals surface area contributed by atoms with Gasteiger partial charge in [0.25, 0.3) is 5.91 Å². The Hall–Kier alpha value is -2.38. The summed E-state index contributed by atoms with van der Waals surface area (Å²) in [4.78, 5) is 12.4. The van der Waals surface area contributed by atoms with Crippen molar-refractivity contribution in [2.45, 2.75) is 25.9 Å². The Balaban J connectivity index is 1.45. The number of amides is 1. The molecule has 156 valence electrons. The van der Waals surface area contributed by atoms with E-state index in [1.54, 1.807) is 6.92 Å². The topological polar surface area (TPSA) is 75.7 Å². The molecule has 1 fully saturated rings. The molecular formula is C22H28N2O4S. The minimum Gasteiger partial charge on any atom is -0.481 e. The van der Waals surface area contributed by atoms with Gasteiger partial charge in [-0.15, -0.1) is 0 Å². The van der Waals surface area contributed by atoms with Crippen LogP contribution in [0.5, 0.6) is 5.75 Å². The molecule has 2 aromatic rings. The van der Waals surface area contributed by atoms with Crippen molar-refractivity contribution in [2.24, 2.45) is 5.92 Å². The van der Waals surface area contributed by atoms with Crippen molar-refractivity contribution >= 4 is 15.9 Å². The van der Waals surface area contributed by atoms with Crippen LogP contribution in [0, 0.1) is 5.92 Å². The van der Waals surface area contributed by atoms with Gasteiger partial charge in [0.05, 0.1) is 6.26 Å². The molecule has 6 nitrogen and oxygen atoms in total. The first-order valence-corrected chi connectivity index (χ1v) is 11.7. The Morgan fingerprint density at radius 1 is 1.07 bits per heavy atom. The maximum atomic E-state index is 12.4.